The Bertz CT molecular complexity index is 744. The third-order valence-electron chi connectivity index (χ3n) is 5.02. The third-order valence-corrected chi connectivity index (χ3v) is 5.02. The van der Waals surface area contributed by atoms with Gasteiger partial charge in [0.2, 0.25) is 5.91 Å². The molecule has 0 atom stereocenters. The van der Waals surface area contributed by atoms with Gasteiger partial charge < -0.3 is 4.74 Å². The highest BCUT2D eigenvalue weighted by atomic mass is 16.5. The van der Waals surface area contributed by atoms with Gasteiger partial charge in [-0.2, -0.15) is 5.10 Å². The van der Waals surface area contributed by atoms with Crippen LogP contribution in [0, 0.1) is 0 Å². The second kappa shape index (κ2) is 15.3. The van der Waals surface area contributed by atoms with Crippen LogP contribution >= 0.6 is 0 Å². The number of carbonyl (C=O) groups excluding carboxylic acids is 1. The molecule has 162 valence electrons. The molecular weight excluding hydrogens is 372 g/mol. The number of nitrogens with zero attached hydrogens (tertiary/aromatic N) is 1. The third kappa shape index (κ3) is 10.8. The minimum atomic E-state index is -0.0225. The molecular formula is C26H36N2O2. The monoisotopic (exact) mass is 408 g/mol. The van der Waals surface area contributed by atoms with E-state index in [1.807, 2.05) is 54.6 Å². The van der Waals surface area contributed by atoms with E-state index in [1.165, 1.54) is 44.9 Å². The number of hydrogen-bond donors (Lipinski definition) is 1. The largest absolute Gasteiger partial charge is 0.489 e. The van der Waals surface area contributed by atoms with Gasteiger partial charge in [0.25, 0.3) is 0 Å². The van der Waals surface area contributed by atoms with Crippen molar-refractivity contribution in [2.45, 2.75) is 77.7 Å². The predicted octanol–water partition coefficient (Wildman–Crippen LogP) is 6.64. The molecule has 0 bridgehead atoms. The maximum absolute atomic E-state index is 11.9. The van der Waals surface area contributed by atoms with E-state index < -0.39 is 0 Å². The zero-order chi connectivity index (χ0) is 21.3. The van der Waals surface area contributed by atoms with Crippen molar-refractivity contribution in [3.8, 4) is 5.75 Å². The topological polar surface area (TPSA) is 50.7 Å². The number of amides is 1. The van der Waals surface area contributed by atoms with Gasteiger partial charge in [-0.25, -0.2) is 5.43 Å². The minimum Gasteiger partial charge on any atom is -0.489 e. The number of hydrazone groups is 1. The summed E-state index contributed by atoms with van der Waals surface area (Å²) in [4.78, 5) is 11.9. The lowest BCUT2D eigenvalue weighted by Crippen LogP contribution is -2.16. The summed E-state index contributed by atoms with van der Waals surface area (Å²) in [6.45, 7) is 2.77. The maximum atomic E-state index is 11.9. The Labute approximate surface area is 181 Å². The summed E-state index contributed by atoms with van der Waals surface area (Å²) in [7, 11) is 0. The highest BCUT2D eigenvalue weighted by Crippen LogP contribution is 2.14. The van der Waals surface area contributed by atoms with E-state index in [-0.39, 0.29) is 5.91 Å². The van der Waals surface area contributed by atoms with Crippen LogP contribution in [0.2, 0.25) is 0 Å². The average Bonchev–Trinajstić information content (AvgIpc) is 2.77. The number of unbranched alkanes of at least 4 members (excludes halogenated alkanes) is 8. The lowest BCUT2D eigenvalue weighted by atomic mass is 10.1. The van der Waals surface area contributed by atoms with E-state index >= 15 is 0 Å². The highest BCUT2D eigenvalue weighted by molar-refractivity contribution is 5.82. The SMILES string of the molecule is CCCCCCCCCCCC(=O)N/N=C/c1cccc(OCc2ccccc2)c1. The average molecular weight is 409 g/mol. The molecule has 0 aliphatic carbocycles. The number of benzene rings is 2. The zero-order valence-corrected chi connectivity index (χ0v) is 18.3. The fourth-order valence-corrected chi connectivity index (χ4v) is 3.26. The summed E-state index contributed by atoms with van der Waals surface area (Å²) in [5, 5.41) is 4.08. The molecule has 0 saturated carbocycles. The minimum absolute atomic E-state index is 0.0225. The molecule has 0 aromatic heterocycles. The van der Waals surface area contributed by atoms with Crippen molar-refractivity contribution in [3.63, 3.8) is 0 Å². The lowest BCUT2D eigenvalue weighted by molar-refractivity contribution is -0.121. The Hall–Kier alpha value is -2.62. The summed E-state index contributed by atoms with van der Waals surface area (Å²) in [6, 6.07) is 17.8. The Morgan fingerprint density at radius 2 is 1.60 bits per heavy atom. The van der Waals surface area contributed by atoms with Gasteiger partial charge >= 0.3 is 0 Å². The van der Waals surface area contributed by atoms with Gasteiger partial charge in [0.1, 0.15) is 12.4 Å². The number of carbonyl (C=O) groups is 1. The van der Waals surface area contributed by atoms with Crippen LogP contribution in [0.5, 0.6) is 5.75 Å². The first kappa shape index (κ1) is 23.7. The highest BCUT2D eigenvalue weighted by Gasteiger charge is 2.00. The molecule has 1 N–H and O–H groups in total. The van der Waals surface area contributed by atoms with Gasteiger partial charge in [0.15, 0.2) is 0 Å². The molecule has 0 fully saturated rings. The molecule has 2 aromatic carbocycles. The van der Waals surface area contributed by atoms with Crippen LogP contribution in [-0.4, -0.2) is 12.1 Å². The van der Waals surface area contributed by atoms with E-state index in [9.17, 15) is 4.79 Å². The molecule has 4 nitrogen and oxygen atoms in total. The summed E-state index contributed by atoms with van der Waals surface area (Å²) in [5.74, 6) is 0.759. The van der Waals surface area contributed by atoms with Crippen molar-refractivity contribution in [3.05, 3.63) is 65.7 Å². The second-order valence-corrected chi connectivity index (χ2v) is 7.72. The molecule has 0 unspecified atom stereocenters. The number of ether oxygens (including phenoxy) is 1. The normalized spacial score (nSPS) is 11.0. The van der Waals surface area contributed by atoms with Gasteiger partial charge in [-0.1, -0.05) is 101 Å². The Morgan fingerprint density at radius 3 is 2.33 bits per heavy atom. The fraction of sp³-hybridized carbons (Fsp3) is 0.462. The van der Waals surface area contributed by atoms with Crippen molar-refractivity contribution in [2.75, 3.05) is 0 Å². The van der Waals surface area contributed by atoms with Crippen molar-refractivity contribution in [1.82, 2.24) is 5.43 Å². The van der Waals surface area contributed by atoms with Gasteiger partial charge in [-0.15, -0.1) is 0 Å². The van der Waals surface area contributed by atoms with Crippen LogP contribution in [0.1, 0.15) is 82.3 Å². The van der Waals surface area contributed by atoms with Crippen LogP contribution in [0.25, 0.3) is 0 Å². The van der Waals surface area contributed by atoms with E-state index in [0.717, 1.165) is 29.7 Å². The number of nitrogens with one attached hydrogen (secondary N) is 1. The molecule has 1 amide bonds. The first-order chi connectivity index (χ1) is 14.8. The Morgan fingerprint density at radius 1 is 0.900 bits per heavy atom. The smallest absolute Gasteiger partial charge is 0.240 e. The van der Waals surface area contributed by atoms with E-state index in [2.05, 4.69) is 17.5 Å². The summed E-state index contributed by atoms with van der Waals surface area (Å²) < 4.78 is 5.82. The molecule has 0 spiro atoms. The molecule has 2 rings (SSSR count). The van der Waals surface area contributed by atoms with Crippen LogP contribution in [0.4, 0.5) is 0 Å². The molecule has 0 heterocycles. The Balaban J connectivity index is 1.58. The zero-order valence-electron chi connectivity index (χ0n) is 18.3. The first-order valence-corrected chi connectivity index (χ1v) is 11.4. The first-order valence-electron chi connectivity index (χ1n) is 11.4. The number of rotatable bonds is 15. The maximum Gasteiger partial charge on any atom is 0.240 e. The van der Waals surface area contributed by atoms with Crippen molar-refractivity contribution in [2.24, 2.45) is 5.10 Å². The Kier molecular flexibility index (Phi) is 12.0. The van der Waals surface area contributed by atoms with Gasteiger partial charge in [-0.05, 0) is 29.7 Å². The lowest BCUT2D eigenvalue weighted by Gasteiger charge is -2.06. The molecule has 0 radical (unpaired) electrons. The number of hydrogen-bond acceptors (Lipinski definition) is 3. The van der Waals surface area contributed by atoms with E-state index in [1.54, 1.807) is 6.21 Å². The predicted molar refractivity (Wildman–Crippen MR) is 125 cm³/mol. The van der Waals surface area contributed by atoms with Crippen molar-refractivity contribution in [1.29, 1.82) is 0 Å². The van der Waals surface area contributed by atoms with Crippen LogP contribution < -0.4 is 10.2 Å². The van der Waals surface area contributed by atoms with Crippen molar-refractivity contribution < 1.29 is 9.53 Å². The van der Waals surface area contributed by atoms with Gasteiger partial charge in [-0.3, -0.25) is 4.79 Å². The molecule has 0 aliphatic heterocycles. The summed E-state index contributed by atoms with van der Waals surface area (Å²) in [5.41, 5.74) is 4.64. The van der Waals surface area contributed by atoms with Crippen molar-refractivity contribution >= 4 is 12.1 Å². The molecule has 2 aromatic rings. The standard InChI is InChI=1S/C26H36N2O2/c1-2-3-4-5-6-7-8-9-13-19-26(29)28-27-21-24-17-14-18-25(20-24)30-22-23-15-11-10-12-16-23/h10-12,14-18,20-21H,2-9,13,19,22H2,1H3,(H,28,29)/b27-21+. The summed E-state index contributed by atoms with van der Waals surface area (Å²) in [6.07, 6.45) is 13.4. The van der Waals surface area contributed by atoms with Crippen LogP contribution in [0.3, 0.4) is 0 Å². The summed E-state index contributed by atoms with van der Waals surface area (Å²) >= 11 is 0. The van der Waals surface area contributed by atoms with E-state index in [4.69, 9.17) is 4.74 Å². The quantitative estimate of drug-likeness (QED) is 0.204. The molecule has 30 heavy (non-hydrogen) atoms. The van der Waals surface area contributed by atoms with Crippen LogP contribution in [-0.2, 0) is 11.4 Å². The molecule has 0 aliphatic rings. The molecule has 0 saturated heterocycles. The second-order valence-electron chi connectivity index (χ2n) is 7.72. The van der Waals surface area contributed by atoms with Crippen LogP contribution in [0.15, 0.2) is 59.7 Å². The fourth-order valence-electron chi connectivity index (χ4n) is 3.26. The molecule has 4 heteroatoms. The van der Waals surface area contributed by atoms with Gasteiger partial charge in [0.05, 0.1) is 6.21 Å². The van der Waals surface area contributed by atoms with E-state index in [0.29, 0.717) is 13.0 Å². The van der Waals surface area contributed by atoms with Gasteiger partial charge in [0, 0.05) is 6.42 Å².